The molecule has 1 amide bonds. The molecule has 3 rings (SSSR count). The predicted octanol–water partition coefficient (Wildman–Crippen LogP) is 5.32. The van der Waals surface area contributed by atoms with Crippen LogP contribution in [0, 0.1) is 18.8 Å². The maximum absolute atomic E-state index is 12.5. The number of carbonyl (C=O) groups is 1. The molecule has 25 heavy (non-hydrogen) atoms. The number of rotatable bonds is 7. The highest BCUT2D eigenvalue weighted by molar-refractivity contribution is 7.15. The summed E-state index contributed by atoms with van der Waals surface area (Å²) >= 11 is 1.60. The van der Waals surface area contributed by atoms with Crippen molar-refractivity contribution in [3.63, 3.8) is 0 Å². The second kappa shape index (κ2) is 8.65. The fourth-order valence-electron chi connectivity index (χ4n) is 3.62. The van der Waals surface area contributed by atoms with Crippen molar-refractivity contribution < 1.29 is 9.21 Å². The molecule has 0 radical (unpaired) electrons. The molecule has 5 heteroatoms. The molecule has 2 aromatic rings. The fraction of sp³-hybridized carbons (Fsp3) is 0.600. The minimum Gasteiger partial charge on any atom is -0.462 e. The first kappa shape index (κ1) is 18.2. The molecule has 2 heterocycles. The Hall–Kier alpha value is -1.62. The summed E-state index contributed by atoms with van der Waals surface area (Å²) in [6.45, 7) is 4.81. The highest BCUT2D eigenvalue weighted by atomic mass is 32.1. The predicted molar refractivity (Wildman–Crippen MR) is 101 cm³/mol. The molecule has 1 N–H and O–H groups in total. The van der Waals surface area contributed by atoms with Crippen LogP contribution in [0.4, 0.5) is 0 Å². The topological polar surface area (TPSA) is 55.1 Å². The Balaban J connectivity index is 1.48. The number of carbonyl (C=O) groups excluding carboxylic acids is 1. The highest BCUT2D eigenvalue weighted by Crippen LogP contribution is 2.32. The molecule has 0 aromatic carbocycles. The summed E-state index contributed by atoms with van der Waals surface area (Å²) in [6.07, 6.45) is 10.1. The van der Waals surface area contributed by atoms with E-state index in [1.54, 1.807) is 17.6 Å². The maximum atomic E-state index is 12.5. The van der Waals surface area contributed by atoms with Crippen LogP contribution in [0.15, 0.2) is 22.8 Å². The Bertz CT molecular complexity index is 670. The molecule has 1 saturated carbocycles. The van der Waals surface area contributed by atoms with Gasteiger partial charge in [-0.05, 0) is 50.7 Å². The molecule has 1 aliphatic carbocycles. The summed E-state index contributed by atoms with van der Waals surface area (Å²) < 4.78 is 5.41. The number of aromatic nitrogens is 1. The second-order valence-corrected chi connectivity index (χ2v) is 8.17. The second-order valence-electron chi connectivity index (χ2n) is 7.08. The van der Waals surface area contributed by atoms with E-state index in [1.807, 2.05) is 19.1 Å². The summed E-state index contributed by atoms with van der Waals surface area (Å²) in [7, 11) is 0. The number of unbranched alkanes of at least 4 members (excludes halogenated alkanes) is 1. The first-order valence-electron chi connectivity index (χ1n) is 9.45. The van der Waals surface area contributed by atoms with Crippen molar-refractivity contribution in [3.05, 3.63) is 29.0 Å². The number of thiazole rings is 1. The Labute approximate surface area is 154 Å². The number of aryl methyl sites for hydroxylation is 1. The molecule has 0 atom stereocenters. The Morgan fingerprint density at radius 1 is 1.36 bits per heavy atom. The van der Waals surface area contributed by atoms with Crippen molar-refractivity contribution in [1.82, 2.24) is 10.3 Å². The molecule has 1 fully saturated rings. The van der Waals surface area contributed by atoms with Gasteiger partial charge in [0.25, 0.3) is 0 Å². The van der Waals surface area contributed by atoms with Crippen molar-refractivity contribution in [1.29, 1.82) is 0 Å². The monoisotopic (exact) mass is 360 g/mol. The third-order valence-electron chi connectivity index (χ3n) is 5.23. The molecule has 2 aromatic heterocycles. The van der Waals surface area contributed by atoms with Crippen LogP contribution >= 0.6 is 11.3 Å². The van der Waals surface area contributed by atoms with Crippen LogP contribution in [0.2, 0.25) is 0 Å². The molecule has 136 valence electrons. The number of furan rings is 1. The van der Waals surface area contributed by atoms with Gasteiger partial charge in [-0.15, -0.1) is 11.3 Å². The van der Waals surface area contributed by atoms with E-state index < -0.39 is 0 Å². The van der Waals surface area contributed by atoms with E-state index in [2.05, 4.69) is 17.2 Å². The van der Waals surface area contributed by atoms with Gasteiger partial charge in [-0.3, -0.25) is 4.79 Å². The van der Waals surface area contributed by atoms with Crippen molar-refractivity contribution in [3.8, 4) is 10.8 Å². The lowest BCUT2D eigenvalue weighted by Crippen LogP contribution is -2.32. The lowest BCUT2D eigenvalue weighted by molar-refractivity contribution is -0.126. The van der Waals surface area contributed by atoms with Crippen molar-refractivity contribution >= 4 is 17.2 Å². The Morgan fingerprint density at radius 3 is 2.84 bits per heavy atom. The van der Waals surface area contributed by atoms with Crippen LogP contribution in [0.25, 0.3) is 10.8 Å². The third-order valence-corrected chi connectivity index (χ3v) is 6.40. The standard InChI is InChI=1S/C20H28N2O2S/c1-3-4-6-15-8-10-16(11-9-15)19(23)21-13-18-14(2)22-20(25-18)17-7-5-12-24-17/h5,7,12,15-16H,3-4,6,8-11,13H2,1-2H3,(H,21,23). The number of nitrogens with one attached hydrogen (secondary N) is 1. The minimum absolute atomic E-state index is 0.190. The van der Waals surface area contributed by atoms with E-state index in [1.165, 1.54) is 32.1 Å². The zero-order chi connectivity index (χ0) is 17.6. The van der Waals surface area contributed by atoms with Crippen molar-refractivity contribution in [2.24, 2.45) is 11.8 Å². The zero-order valence-electron chi connectivity index (χ0n) is 15.2. The van der Waals surface area contributed by atoms with Crippen molar-refractivity contribution in [2.45, 2.75) is 65.3 Å². The molecule has 1 aliphatic rings. The van der Waals surface area contributed by atoms with E-state index >= 15 is 0 Å². The van der Waals surface area contributed by atoms with E-state index in [-0.39, 0.29) is 11.8 Å². The first-order valence-corrected chi connectivity index (χ1v) is 10.3. The fourth-order valence-corrected chi connectivity index (χ4v) is 4.59. The van der Waals surface area contributed by atoms with Gasteiger partial charge in [0.15, 0.2) is 10.8 Å². The average Bonchev–Trinajstić information content (AvgIpc) is 3.28. The summed E-state index contributed by atoms with van der Waals surface area (Å²) in [5.41, 5.74) is 0.972. The summed E-state index contributed by atoms with van der Waals surface area (Å²) in [5.74, 6) is 2.02. The molecule has 0 aliphatic heterocycles. The van der Waals surface area contributed by atoms with Gasteiger partial charge in [-0.1, -0.05) is 26.2 Å². The molecule has 0 saturated heterocycles. The van der Waals surface area contributed by atoms with Gasteiger partial charge in [-0.25, -0.2) is 4.98 Å². The van der Waals surface area contributed by atoms with Gasteiger partial charge in [0.1, 0.15) is 0 Å². The first-order chi connectivity index (χ1) is 12.2. The lowest BCUT2D eigenvalue weighted by atomic mass is 9.79. The summed E-state index contributed by atoms with van der Waals surface area (Å²) in [4.78, 5) is 18.2. The lowest BCUT2D eigenvalue weighted by Gasteiger charge is -2.27. The van der Waals surface area contributed by atoms with Gasteiger partial charge < -0.3 is 9.73 Å². The normalized spacial score (nSPS) is 20.6. The van der Waals surface area contributed by atoms with Gasteiger partial charge in [0.2, 0.25) is 5.91 Å². The third kappa shape index (κ3) is 4.72. The van der Waals surface area contributed by atoms with E-state index in [0.717, 1.165) is 40.1 Å². The highest BCUT2D eigenvalue weighted by Gasteiger charge is 2.26. The van der Waals surface area contributed by atoms with Gasteiger partial charge >= 0.3 is 0 Å². The van der Waals surface area contributed by atoms with Crippen LogP contribution in [0.1, 0.15) is 62.4 Å². The maximum Gasteiger partial charge on any atom is 0.223 e. The van der Waals surface area contributed by atoms with Crippen LogP contribution < -0.4 is 5.32 Å². The smallest absolute Gasteiger partial charge is 0.223 e. The molecular formula is C20H28N2O2S. The van der Waals surface area contributed by atoms with Crippen LogP contribution in [0.5, 0.6) is 0 Å². The number of amides is 1. The van der Waals surface area contributed by atoms with Crippen LogP contribution in [-0.4, -0.2) is 10.9 Å². The number of nitrogens with zero attached hydrogens (tertiary/aromatic N) is 1. The Kier molecular flexibility index (Phi) is 6.29. The summed E-state index contributed by atoms with van der Waals surface area (Å²) in [6, 6.07) is 3.78. The largest absolute Gasteiger partial charge is 0.462 e. The Morgan fingerprint density at radius 2 is 2.16 bits per heavy atom. The SMILES string of the molecule is CCCCC1CCC(C(=O)NCc2sc(-c3ccco3)nc2C)CC1. The summed E-state index contributed by atoms with van der Waals surface area (Å²) in [5, 5.41) is 4.00. The molecular weight excluding hydrogens is 332 g/mol. The average molecular weight is 361 g/mol. The van der Waals surface area contributed by atoms with E-state index in [0.29, 0.717) is 6.54 Å². The van der Waals surface area contributed by atoms with Gasteiger partial charge in [0, 0.05) is 10.8 Å². The minimum atomic E-state index is 0.190. The molecule has 0 bridgehead atoms. The molecule has 4 nitrogen and oxygen atoms in total. The van der Waals surface area contributed by atoms with Crippen molar-refractivity contribution in [2.75, 3.05) is 0 Å². The van der Waals surface area contributed by atoms with E-state index in [4.69, 9.17) is 4.42 Å². The molecule has 0 spiro atoms. The van der Waals surface area contributed by atoms with Crippen LogP contribution in [-0.2, 0) is 11.3 Å². The quantitative estimate of drug-likeness (QED) is 0.726. The van der Waals surface area contributed by atoms with E-state index in [9.17, 15) is 4.79 Å². The number of hydrogen-bond acceptors (Lipinski definition) is 4. The zero-order valence-corrected chi connectivity index (χ0v) is 16.0. The molecule has 0 unspecified atom stereocenters. The number of hydrogen-bond donors (Lipinski definition) is 1. The van der Waals surface area contributed by atoms with Crippen LogP contribution in [0.3, 0.4) is 0 Å². The van der Waals surface area contributed by atoms with Gasteiger partial charge in [-0.2, -0.15) is 0 Å². The van der Waals surface area contributed by atoms with Gasteiger partial charge in [0.05, 0.1) is 18.5 Å².